The Morgan fingerprint density at radius 1 is 1.15 bits per heavy atom. The maximum atomic E-state index is 12.7. The summed E-state index contributed by atoms with van der Waals surface area (Å²) in [6.45, 7) is 4.06. The van der Waals surface area contributed by atoms with E-state index >= 15 is 0 Å². The fraction of sp³-hybridized carbons (Fsp3) is 0.560. The van der Waals surface area contributed by atoms with Crippen LogP contribution in [0.15, 0.2) is 24.3 Å². The van der Waals surface area contributed by atoms with Gasteiger partial charge in [0.15, 0.2) is 0 Å². The summed E-state index contributed by atoms with van der Waals surface area (Å²) in [4.78, 5) is 31.3. The number of benzene rings is 1. The van der Waals surface area contributed by atoms with Gasteiger partial charge in [-0.1, -0.05) is 30.9 Å². The van der Waals surface area contributed by atoms with Crippen molar-refractivity contribution >= 4 is 45.9 Å². The molecule has 2 fully saturated rings. The van der Waals surface area contributed by atoms with Crippen molar-refractivity contribution in [2.24, 2.45) is 5.92 Å². The first-order chi connectivity index (χ1) is 16.0. The van der Waals surface area contributed by atoms with Crippen LogP contribution in [0.3, 0.4) is 0 Å². The van der Waals surface area contributed by atoms with E-state index in [-0.39, 0.29) is 24.5 Å². The molecule has 1 aromatic heterocycles. The summed E-state index contributed by atoms with van der Waals surface area (Å²) in [7, 11) is 0. The molecule has 1 aliphatic carbocycles. The van der Waals surface area contributed by atoms with E-state index in [0.29, 0.717) is 29.7 Å². The van der Waals surface area contributed by atoms with Gasteiger partial charge in [-0.05, 0) is 56.4 Å². The Hall–Kier alpha value is -2.38. The van der Waals surface area contributed by atoms with Crippen molar-refractivity contribution in [2.45, 2.75) is 57.9 Å². The van der Waals surface area contributed by atoms with Crippen LogP contribution in [0.1, 0.15) is 51.9 Å². The van der Waals surface area contributed by atoms with Gasteiger partial charge in [0.25, 0.3) is 0 Å². The van der Waals surface area contributed by atoms with Gasteiger partial charge in [0, 0.05) is 30.9 Å². The number of nitrogens with one attached hydrogen (secondary N) is 2. The molecule has 1 atom stereocenters. The molecule has 1 aromatic carbocycles. The summed E-state index contributed by atoms with van der Waals surface area (Å²) in [5.41, 5.74) is 1.44. The molecular formula is C25H33ClN4O3. The lowest BCUT2D eigenvalue weighted by Crippen LogP contribution is -2.36. The molecular weight excluding hydrogens is 440 g/mol. The minimum absolute atomic E-state index is 0.0236. The predicted octanol–water partition coefficient (Wildman–Crippen LogP) is 4.53. The van der Waals surface area contributed by atoms with Crippen LogP contribution >= 0.6 is 11.6 Å². The lowest BCUT2D eigenvalue weighted by molar-refractivity contribution is -0.142. The van der Waals surface area contributed by atoms with Gasteiger partial charge >= 0.3 is 5.97 Å². The molecule has 4 rings (SSSR count). The Balaban J connectivity index is 1.41. The third-order valence-corrected chi connectivity index (χ3v) is 6.94. The number of amides is 1. The first kappa shape index (κ1) is 23.8. The number of anilines is 2. The number of pyridine rings is 1. The number of rotatable bonds is 8. The van der Waals surface area contributed by atoms with Crippen LogP contribution in [0, 0.1) is 5.92 Å². The molecule has 2 aromatic rings. The first-order valence-corrected chi connectivity index (χ1v) is 12.4. The van der Waals surface area contributed by atoms with Crippen molar-refractivity contribution < 1.29 is 14.3 Å². The second kappa shape index (κ2) is 11.2. The van der Waals surface area contributed by atoms with E-state index in [2.05, 4.69) is 15.5 Å². The van der Waals surface area contributed by atoms with E-state index in [4.69, 9.17) is 21.3 Å². The topological polar surface area (TPSA) is 83.6 Å². The molecule has 0 bridgehead atoms. The second-order valence-electron chi connectivity index (χ2n) is 9.03. The average molecular weight is 473 g/mol. The SMILES string of the molecule is CCOC(=O)CNC1CCN(c2ccc3c(NC(=O)CC4CCCCC4)c(Cl)ccc3n2)C1. The smallest absolute Gasteiger partial charge is 0.319 e. The molecule has 33 heavy (non-hydrogen) atoms. The van der Waals surface area contributed by atoms with Crippen LogP contribution < -0.4 is 15.5 Å². The van der Waals surface area contributed by atoms with Crippen molar-refractivity contribution in [2.75, 3.05) is 36.5 Å². The minimum atomic E-state index is -0.227. The highest BCUT2D eigenvalue weighted by Crippen LogP contribution is 2.33. The summed E-state index contributed by atoms with van der Waals surface area (Å²) >= 11 is 6.46. The van der Waals surface area contributed by atoms with Gasteiger partial charge in [0.1, 0.15) is 5.82 Å². The van der Waals surface area contributed by atoms with Crippen molar-refractivity contribution in [1.82, 2.24) is 10.3 Å². The summed E-state index contributed by atoms with van der Waals surface area (Å²) in [6.07, 6.45) is 7.46. The highest BCUT2D eigenvalue weighted by molar-refractivity contribution is 6.35. The van der Waals surface area contributed by atoms with E-state index in [1.807, 2.05) is 18.2 Å². The Bertz CT molecular complexity index is 993. The van der Waals surface area contributed by atoms with E-state index in [1.165, 1.54) is 19.3 Å². The molecule has 1 saturated heterocycles. The van der Waals surface area contributed by atoms with Crippen molar-refractivity contribution in [1.29, 1.82) is 0 Å². The number of carbonyl (C=O) groups is 2. The maximum absolute atomic E-state index is 12.7. The summed E-state index contributed by atoms with van der Waals surface area (Å²) in [5, 5.41) is 7.69. The second-order valence-corrected chi connectivity index (χ2v) is 9.44. The van der Waals surface area contributed by atoms with Gasteiger partial charge in [-0.15, -0.1) is 0 Å². The zero-order valence-corrected chi connectivity index (χ0v) is 20.0. The van der Waals surface area contributed by atoms with Crippen LogP contribution in [0.25, 0.3) is 10.9 Å². The number of carbonyl (C=O) groups excluding carboxylic acids is 2. The lowest BCUT2D eigenvalue weighted by atomic mass is 9.87. The monoisotopic (exact) mass is 472 g/mol. The Morgan fingerprint density at radius 2 is 1.97 bits per heavy atom. The fourth-order valence-corrected chi connectivity index (χ4v) is 5.10. The molecule has 8 heteroatoms. The zero-order valence-electron chi connectivity index (χ0n) is 19.2. The normalized spacial score (nSPS) is 19.1. The minimum Gasteiger partial charge on any atom is -0.465 e. The van der Waals surface area contributed by atoms with Crippen LogP contribution in [0.2, 0.25) is 5.02 Å². The Kier molecular flexibility index (Phi) is 8.04. The molecule has 2 heterocycles. The number of hydrogen-bond donors (Lipinski definition) is 2. The number of halogens is 1. The quantitative estimate of drug-likeness (QED) is 0.549. The first-order valence-electron chi connectivity index (χ1n) is 12.1. The molecule has 2 aliphatic rings. The van der Waals surface area contributed by atoms with Crippen LogP contribution in [-0.4, -0.2) is 49.1 Å². The number of fused-ring (bicyclic) bond motifs is 1. The molecule has 1 amide bonds. The maximum Gasteiger partial charge on any atom is 0.319 e. The van der Waals surface area contributed by atoms with Crippen LogP contribution in [-0.2, 0) is 14.3 Å². The Morgan fingerprint density at radius 3 is 2.76 bits per heavy atom. The number of nitrogens with zero attached hydrogens (tertiary/aromatic N) is 2. The van der Waals surface area contributed by atoms with Gasteiger partial charge in [0.05, 0.1) is 29.4 Å². The molecule has 0 spiro atoms. The van der Waals surface area contributed by atoms with E-state index in [0.717, 1.165) is 49.1 Å². The zero-order chi connectivity index (χ0) is 23.2. The predicted molar refractivity (Wildman–Crippen MR) is 132 cm³/mol. The molecule has 0 radical (unpaired) electrons. The number of hydrogen-bond acceptors (Lipinski definition) is 6. The third-order valence-electron chi connectivity index (χ3n) is 6.62. The highest BCUT2D eigenvalue weighted by Gasteiger charge is 2.24. The summed E-state index contributed by atoms with van der Waals surface area (Å²) < 4.78 is 4.98. The van der Waals surface area contributed by atoms with E-state index in [9.17, 15) is 9.59 Å². The number of ether oxygens (including phenoxy) is 1. The van der Waals surface area contributed by atoms with Gasteiger partial charge in [0.2, 0.25) is 5.91 Å². The molecule has 1 saturated carbocycles. The molecule has 2 N–H and O–H groups in total. The molecule has 178 valence electrons. The standard InChI is InChI=1S/C25H33ClN4O3/c1-2-33-24(32)15-27-18-12-13-30(16-18)22-11-8-19-21(28-22)10-9-20(26)25(19)29-23(31)14-17-6-4-3-5-7-17/h8-11,17-18,27H,2-7,12-16H2,1H3,(H,29,31). The molecule has 1 unspecified atom stereocenters. The molecule has 7 nitrogen and oxygen atoms in total. The number of esters is 1. The third kappa shape index (κ3) is 6.15. The summed E-state index contributed by atoms with van der Waals surface area (Å²) in [6, 6.07) is 7.86. The lowest BCUT2D eigenvalue weighted by Gasteiger charge is -2.21. The van der Waals surface area contributed by atoms with Crippen LogP contribution in [0.4, 0.5) is 11.5 Å². The van der Waals surface area contributed by atoms with Gasteiger partial charge in [-0.3, -0.25) is 9.59 Å². The van der Waals surface area contributed by atoms with Crippen molar-refractivity contribution in [3.8, 4) is 0 Å². The van der Waals surface area contributed by atoms with Crippen molar-refractivity contribution in [3.63, 3.8) is 0 Å². The van der Waals surface area contributed by atoms with Gasteiger partial charge in [-0.25, -0.2) is 4.98 Å². The van der Waals surface area contributed by atoms with Crippen molar-refractivity contribution in [3.05, 3.63) is 29.3 Å². The molecule has 1 aliphatic heterocycles. The van der Waals surface area contributed by atoms with Gasteiger partial charge < -0.3 is 20.3 Å². The Labute approximate surface area is 200 Å². The number of aromatic nitrogens is 1. The van der Waals surface area contributed by atoms with E-state index < -0.39 is 0 Å². The largest absolute Gasteiger partial charge is 0.465 e. The average Bonchev–Trinajstić information content (AvgIpc) is 3.29. The fourth-order valence-electron chi connectivity index (χ4n) is 4.89. The summed E-state index contributed by atoms with van der Waals surface area (Å²) in [5.74, 6) is 1.15. The highest BCUT2D eigenvalue weighted by atomic mass is 35.5. The van der Waals surface area contributed by atoms with Gasteiger partial charge in [-0.2, -0.15) is 0 Å². The van der Waals surface area contributed by atoms with Crippen LogP contribution in [0.5, 0.6) is 0 Å². The van der Waals surface area contributed by atoms with E-state index in [1.54, 1.807) is 13.0 Å².